The van der Waals surface area contributed by atoms with Gasteiger partial charge in [0.15, 0.2) is 0 Å². The second-order valence-corrected chi connectivity index (χ2v) is 9.93. The average molecular weight is 470 g/mol. The molecule has 0 aliphatic rings. The maximum Gasteiger partial charge on any atom is 0.0394 e. The van der Waals surface area contributed by atoms with Crippen LogP contribution in [-0.2, 0) is 0 Å². The van der Waals surface area contributed by atoms with Gasteiger partial charge in [-0.25, -0.2) is 0 Å². The summed E-state index contributed by atoms with van der Waals surface area (Å²) in [5, 5.41) is 18.5. The summed E-state index contributed by atoms with van der Waals surface area (Å²) < 4.78 is 0. The van der Waals surface area contributed by atoms with E-state index >= 15 is 0 Å². The Kier molecular flexibility index (Phi) is 4.15. The standard InChI is InChI=1S/C20H12.C16H11N/c1-5-13-6-2-11-17-18-12-4-8-14-7-3-10-16(20(14)18)15(9-1)19(13)17;17-14-9-7-12-5-4-10-2-1-3-11-6-8-13(14)16(12)15(10)11/h1-12H;1-9H,17H2. The molecule has 0 heterocycles. The van der Waals surface area contributed by atoms with Gasteiger partial charge >= 0.3 is 0 Å². The first kappa shape index (κ1) is 20.3. The molecule has 0 saturated heterocycles. The van der Waals surface area contributed by atoms with E-state index in [1.54, 1.807) is 0 Å². The molecule has 0 saturated carbocycles. The summed E-state index contributed by atoms with van der Waals surface area (Å²) in [7, 11) is 0. The molecular formula is C36H23N. The van der Waals surface area contributed by atoms with Crippen LogP contribution in [0.25, 0.3) is 75.4 Å². The van der Waals surface area contributed by atoms with Gasteiger partial charge in [-0.05, 0) is 76.1 Å². The molecule has 0 amide bonds. The number of hydrogen-bond donors (Lipinski definition) is 1. The summed E-state index contributed by atoms with van der Waals surface area (Å²) in [5.41, 5.74) is 6.92. The van der Waals surface area contributed by atoms with Crippen molar-refractivity contribution in [2.75, 3.05) is 5.73 Å². The maximum absolute atomic E-state index is 6.07. The molecule has 0 aliphatic heterocycles. The number of hydrogen-bond acceptors (Lipinski definition) is 1. The van der Waals surface area contributed by atoms with Gasteiger partial charge in [0.25, 0.3) is 0 Å². The maximum atomic E-state index is 6.07. The molecule has 0 aliphatic carbocycles. The first-order chi connectivity index (χ1) is 18.3. The third-order valence-electron chi connectivity index (χ3n) is 7.95. The molecule has 0 fully saturated rings. The van der Waals surface area contributed by atoms with E-state index in [-0.39, 0.29) is 0 Å². The van der Waals surface area contributed by atoms with Gasteiger partial charge in [0, 0.05) is 11.1 Å². The van der Waals surface area contributed by atoms with Gasteiger partial charge in [-0.3, -0.25) is 0 Å². The third-order valence-corrected chi connectivity index (χ3v) is 7.95. The van der Waals surface area contributed by atoms with Crippen molar-refractivity contribution in [2.45, 2.75) is 0 Å². The smallest absolute Gasteiger partial charge is 0.0394 e. The number of anilines is 1. The first-order valence-corrected chi connectivity index (χ1v) is 12.7. The van der Waals surface area contributed by atoms with Crippen LogP contribution in [0.15, 0.2) is 127 Å². The van der Waals surface area contributed by atoms with Crippen LogP contribution >= 0.6 is 0 Å². The third kappa shape index (κ3) is 2.86. The largest absolute Gasteiger partial charge is 0.398 e. The SMILES string of the molecule is Nc1ccc2ccc3cccc4ccc1c2c34.c1cc2cccc3c4cccc5cccc(c(c1)c23)c54. The summed E-state index contributed by atoms with van der Waals surface area (Å²) in [6, 6.07) is 45.6. The van der Waals surface area contributed by atoms with Crippen molar-refractivity contribution in [3.8, 4) is 0 Å². The van der Waals surface area contributed by atoms with E-state index < -0.39 is 0 Å². The summed E-state index contributed by atoms with van der Waals surface area (Å²) in [4.78, 5) is 0. The summed E-state index contributed by atoms with van der Waals surface area (Å²) >= 11 is 0. The molecule has 0 radical (unpaired) electrons. The summed E-state index contributed by atoms with van der Waals surface area (Å²) in [6.45, 7) is 0. The van der Waals surface area contributed by atoms with Gasteiger partial charge in [-0.2, -0.15) is 0 Å². The highest BCUT2D eigenvalue weighted by Gasteiger charge is 2.11. The zero-order valence-electron chi connectivity index (χ0n) is 20.2. The van der Waals surface area contributed by atoms with Crippen molar-refractivity contribution in [3.05, 3.63) is 127 Å². The lowest BCUT2D eigenvalue weighted by molar-refractivity contribution is 1.76. The highest BCUT2D eigenvalue weighted by atomic mass is 14.5. The second-order valence-electron chi connectivity index (χ2n) is 9.93. The van der Waals surface area contributed by atoms with E-state index in [0.29, 0.717) is 0 Å². The zero-order chi connectivity index (χ0) is 24.5. The summed E-state index contributed by atoms with van der Waals surface area (Å²) in [6.07, 6.45) is 0. The average Bonchev–Trinajstić information content (AvgIpc) is 2.96. The zero-order valence-corrected chi connectivity index (χ0v) is 20.2. The van der Waals surface area contributed by atoms with Gasteiger partial charge in [-0.15, -0.1) is 0 Å². The Morgan fingerprint density at radius 1 is 0.270 bits per heavy atom. The topological polar surface area (TPSA) is 26.0 Å². The van der Waals surface area contributed by atoms with Crippen LogP contribution < -0.4 is 5.73 Å². The Labute approximate surface area is 214 Å². The number of fused-ring (bicyclic) bond motifs is 2. The molecule has 1 nitrogen and oxygen atoms in total. The Hall–Kier alpha value is -4.88. The monoisotopic (exact) mass is 469 g/mol. The van der Waals surface area contributed by atoms with Gasteiger partial charge in [-0.1, -0.05) is 121 Å². The minimum atomic E-state index is 0.857. The molecular weight excluding hydrogens is 446 g/mol. The van der Waals surface area contributed by atoms with Crippen molar-refractivity contribution in [1.29, 1.82) is 0 Å². The molecule has 9 aromatic carbocycles. The Morgan fingerprint density at radius 3 is 1.11 bits per heavy atom. The Bertz CT molecular complexity index is 2070. The van der Waals surface area contributed by atoms with Crippen molar-refractivity contribution in [2.24, 2.45) is 0 Å². The summed E-state index contributed by atoms with van der Waals surface area (Å²) in [5.74, 6) is 0. The first-order valence-electron chi connectivity index (χ1n) is 12.7. The molecule has 0 atom stereocenters. The van der Waals surface area contributed by atoms with Gasteiger partial charge in [0.2, 0.25) is 0 Å². The molecule has 0 spiro atoms. The lowest BCUT2D eigenvalue weighted by Gasteiger charge is -2.13. The molecule has 1 heteroatoms. The number of nitrogen functional groups attached to an aromatic ring is 1. The van der Waals surface area contributed by atoms with Crippen molar-refractivity contribution in [1.82, 2.24) is 0 Å². The molecule has 2 N–H and O–H groups in total. The normalized spacial score (nSPS) is 11.9. The van der Waals surface area contributed by atoms with E-state index in [1.165, 1.54) is 70.0 Å². The van der Waals surface area contributed by atoms with Crippen LogP contribution in [0, 0.1) is 0 Å². The van der Waals surface area contributed by atoms with Gasteiger partial charge < -0.3 is 5.73 Å². The van der Waals surface area contributed by atoms with Crippen LogP contribution in [0.4, 0.5) is 5.69 Å². The number of nitrogens with two attached hydrogens (primary N) is 1. The molecule has 172 valence electrons. The number of benzene rings is 9. The van der Waals surface area contributed by atoms with Crippen molar-refractivity contribution < 1.29 is 0 Å². The van der Waals surface area contributed by atoms with Gasteiger partial charge in [0.05, 0.1) is 0 Å². The molecule has 0 unspecified atom stereocenters. The molecule has 0 bridgehead atoms. The fourth-order valence-corrected chi connectivity index (χ4v) is 6.34. The Morgan fingerprint density at radius 2 is 0.622 bits per heavy atom. The molecule has 9 aromatic rings. The van der Waals surface area contributed by atoms with Crippen LogP contribution in [0.2, 0.25) is 0 Å². The quantitative estimate of drug-likeness (QED) is 0.133. The minimum Gasteiger partial charge on any atom is -0.398 e. The fourth-order valence-electron chi connectivity index (χ4n) is 6.34. The lowest BCUT2D eigenvalue weighted by Crippen LogP contribution is -1.89. The van der Waals surface area contributed by atoms with Crippen LogP contribution in [-0.4, -0.2) is 0 Å². The van der Waals surface area contributed by atoms with E-state index in [2.05, 4.69) is 121 Å². The van der Waals surface area contributed by atoms with E-state index in [0.717, 1.165) is 11.1 Å². The van der Waals surface area contributed by atoms with E-state index in [4.69, 9.17) is 5.73 Å². The highest BCUT2D eigenvalue weighted by Crippen LogP contribution is 2.40. The second kappa shape index (κ2) is 7.56. The van der Waals surface area contributed by atoms with Gasteiger partial charge in [0.1, 0.15) is 0 Å². The molecule has 37 heavy (non-hydrogen) atoms. The highest BCUT2D eigenvalue weighted by molar-refractivity contribution is 6.32. The molecule has 0 aromatic heterocycles. The lowest BCUT2D eigenvalue weighted by atomic mass is 9.90. The van der Waals surface area contributed by atoms with Crippen LogP contribution in [0.5, 0.6) is 0 Å². The predicted molar refractivity (Wildman–Crippen MR) is 162 cm³/mol. The number of rotatable bonds is 0. The van der Waals surface area contributed by atoms with Crippen LogP contribution in [0.1, 0.15) is 0 Å². The fraction of sp³-hybridized carbons (Fsp3) is 0. The van der Waals surface area contributed by atoms with E-state index in [9.17, 15) is 0 Å². The van der Waals surface area contributed by atoms with Crippen molar-refractivity contribution >= 4 is 81.1 Å². The predicted octanol–water partition coefficient (Wildman–Crippen LogP) is 9.90. The molecule has 9 rings (SSSR count). The van der Waals surface area contributed by atoms with Crippen LogP contribution in [0.3, 0.4) is 0 Å². The Balaban J connectivity index is 0.000000118. The van der Waals surface area contributed by atoms with Crippen molar-refractivity contribution in [3.63, 3.8) is 0 Å². The minimum absolute atomic E-state index is 0.857. The van der Waals surface area contributed by atoms with E-state index in [1.807, 2.05) is 6.07 Å².